The van der Waals surface area contributed by atoms with Gasteiger partial charge in [0.2, 0.25) is 0 Å². The molecular weight excluding hydrogens is 244 g/mol. The Bertz CT molecular complexity index is 694. The fourth-order valence-electron chi connectivity index (χ4n) is 2.87. The average Bonchev–Trinajstić information content (AvgIpc) is 2.81. The molecule has 3 rings (SSSR count). The molecule has 1 atom stereocenters. The number of rotatable bonds is 2. The Morgan fingerprint density at radius 3 is 2.35 bits per heavy atom. The van der Waals surface area contributed by atoms with Crippen molar-refractivity contribution < 1.29 is 4.79 Å². The lowest BCUT2D eigenvalue weighted by Gasteiger charge is -2.11. The van der Waals surface area contributed by atoms with E-state index in [1.54, 1.807) is 0 Å². The van der Waals surface area contributed by atoms with Gasteiger partial charge in [-0.3, -0.25) is 4.79 Å². The Hall–Kier alpha value is -2.15. The second-order valence-electron chi connectivity index (χ2n) is 5.61. The van der Waals surface area contributed by atoms with E-state index in [1.807, 2.05) is 12.1 Å². The van der Waals surface area contributed by atoms with Crippen molar-refractivity contribution in [2.45, 2.75) is 26.2 Å². The Labute approximate surface area is 120 Å². The van der Waals surface area contributed by atoms with Crippen LogP contribution in [0.1, 0.15) is 34.6 Å². The smallest absolute Gasteiger partial charge is 0.163 e. The van der Waals surface area contributed by atoms with Gasteiger partial charge < -0.3 is 0 Å². The van der Waals surface area contributed by atoms with Crippen molar-refractivity contribution in [2.75, 3.05) is 0 Å². The fourth-order valence-corrected chi connectivity index (χ4v) is 2.87. The van der Waals surface area contributed by atoms with Gasteiger partial charge in [-0.05, 0) is 43.0 Å². The third kappa shape index (κ3) is 2.44. The van der Waals surface area contributed by atoms with Crippen molar-refractivity contribution in [3.63, 3.8) is 0 Å². The summed E-state index contributed by atoms with van der Waals surface area (Å²) in [6, 6.07) is 16.6. The summed E-state index contributed by atoms with van der Waals surface area (Å²) in [5, 5.41) is 0. The van der Waals surface area contributed by atoms with Gasteiger partial charge in [0.15, 0.2) is 5.78 Å². The van der Waals surface area contributed by atoms with E-state index in [9.17, 15) is 4.79 Å². The van der Waals surface area contributed by atoms with E-state index < -0.39 is 0 Å². The van der Waals surface area contributed by atoms with Crippen LogP contribution < -0.4 is 0 Å². The third-order valence-corrected chi connectivity index (χ3v) is 3.92. The van der Waals surface area contributed by atoms with Gasteiger partial charge >= 0.3 is 0 Å². The SMILES string of the molecule is Cc1cccc(C2=CC(=O)C(c3cccc(C)c3)C2)c1. The molecule has 1 aliphatic rings. The summed E-state index contributed by atoms with van der Waals surface area (Å²) in [5.41, 5.74) is 5.90. The van der Waals surface area contributed by atoms with E-state index in [0.29, 0.717) is 0 Å². The summed E-state index contributed by atoms with van der Waals surface area (Å²) in [6.07, 6.45) is 2.63. The molecule has 0 spiro atoms. The normalized spacial score (nSPS) is 18.2. The number of ketones is 1. The number of allylic oxidation sites excluding steroid dienone is 2. The Balaban J connectivity index is 1.89. The lowest BCUT2D eigenvalue weighted by molar-refractivity contribution is -0.115. The monoisotopic (exact) mass is 262 g/mol. The Morgan fingerprint density at radius 2 is 1.65 bits per heavy atom. The maximum absolute atomic E-state index is 12.3. The molecule has 100 valence electrons. The molecule has 0 amide bonds. The van der Waals surface area contributed by atoms with Crippen molar-refractivity contribution in [3.05, 3.63) is 76.9 Å². The molecule has 1 unspecified atom stereocenters. The van der Waals surface area contributed by atoms with E-state index >= 15 is 0 Å². The Kier molecular flexibility index (Phi) is 3.27. The molecule has 0 heterocycles. The van der Waals surface area contributed by atoms with Gasteiger partial charge in [-0.1, -0.05) is 59.7 Å². The lowest BCUT2D eigenvalue weighted by Crippen LogP contribution is -2.04. The molecule has 0 bridgehead atoms. The van der Waals surface area contributed by atoms with Crippen LogP contribution in [0.5, 0.6) is 0 Å². The summed E-state index contributed by atoms with van der Waals surface area (Å²) >= 11 is 0. The minimum absolute atomic E-state index is 0.00888. The highest BCUT2D eigenvalue weighted by atomic mass is 16.1. The molecule has 20 heavy (non-hydrogen) atoms. The molecule has 1 heteroatoms. The average molecular weight is 262 g/mol. The molecule has 0 saturated carbocycles. The van der Waals surface area contributed by atoms with E-state index in [0.717, 1.165) is 17.6 Å². The predicted molar refractivity (Wildman–Crippen MR) is 82.7 cm³/mol. The quantitative estimate of drug-likeness (QED) is 0.781. The largest absolute Gasteiger partial charge is 0.294 e. The van der Waals surface area contributed by atoms with Crippen LogP contribution in [-0.2, 0) is 4.79 Å². The maximum Gasteiger partial charge on any atom is 0.163 e. The second kappa shape index (κ2) is 5.09. The van der Waals surface area contributed by atoms with Crippen LogP contribution in [-0.4, -0.2) is 5.78 Å². The first-order chi connectivity index (χ1) is 9.63. The van der Waals surface area contributed by atoms with E-state index in [2.05, 4.69) is 56.3 Å². The standard InChI is InChI=1S/C19H18O/c1-13-5-3-7-15(9-13)17-11-18(19(20)12-17)16-8-4-6-14(2)10-16/h3-10,12,18H,11H2,1-2H3. The summed E-state index contributed by atoms with van der Waals surface area (Å²) in [5.74, 6) is 0.220. The molecule has 2 aromatic carbocycles. The second-order valence-corrected chi connectivity index (χ2v) is 5.61. The van der Waals surface area contributed by atoms with Crippen molar-refractivity contribution in [1.82, 2.24) is 0 Å². The van der Waals surface area contributed by atoms with Crippen LogP contribution in [0.3, 0.4) is 0 Å². The minimum Gasteiger partial charge on any atom is -0.294 e. The summed E-state index contributed by atoms with van der Waals surface area (Å²) in [7, 11) is 0. The molecule has 2 aromatic rings. The minimum atomic E-state index is -0.00888. The molecular formula is C19H18O. The first-order valence-electron chi connectivity index (χ1n) is 7.01. The summed E-state index contributed by atoms with van der Waals surface area (Å²) in [4.78, 5) is 12.3. The molecule has 0 fully saturated rings. The van der Waals surface area contributed by atoms with Crippen molar-refractivity contribution in [1.29, 1.82) is 0 Å². The predicted octanol–water partition coefficient (Wildman–Crippen LogP) is 4.44. The molecule has 0 aliphatic heterocycles. The highest BCUT2D eigenvalue weighted by Gasteiger charge is 2.27. The zero-order chi connectivity index (χ0) is 14.1. The van der Waals surface area contributed by atoms with Gasteiger partial charge in [0, 0.05) is 0 Å². The summed E-state index contributed by atoms with van der Waals surface area (Å²) < 4.78 is 0. The van der Waals surface area contributed by atoms with Crippen molar-refractivity contribution in [2.24, 2.45) is 0 Å². The highest BCUT2D eigenvalue weighted by molar-refractivity contribution is 6.06. The zero-order valence-electron chi connectivity index (χ0n) is 11.9. The Morgan fingerprint density at radius 1 is 0.950 bits per heavy atom. The van der Waals surface area contributed by atoms with Crippen LogP contribution in [0.2, 0.25) is 0 Å². The third-order valence-electron chi connectivity index (χ3n) is 3.92. The first-order valence-corrected chi connectivity index (χ1v) is 7.01. The number of hydrogen-bond acceptors (Lipinski definition) is 1. The number of aryl methyl sites for hydroxylation is 2. The van der Waals surface area contributed by atoms with Crippen LogP contribution in [0.4, 0.5) is 0 Å². The number of carbonyl (C=O) groups excluding carboxylic acids is 1. The van der Waals surface area contributed by atoms with Gasteiger partial charge in [0.1, 0.15) is 0 Å². The molecule has 0 N–H and O–H groups in total. The van der Waals surface area contributed by atoms with Crippen LogP contribution in [0.25, 0.3) is 5.57 Å². The van der Waals surface area contributed by atoms with Crippen molar-refractivity contribution in [3.8, 4) is 0 Å². The van der Waals surface area contributed by atoms with Crippen molar-refractivity contribution >= 4 is 11.4 Å². The van der Waals surface area contributed by atoms with E-state index in [4.69, 9.17) is 0 Å². The van der Waals surface area contributed by atoms with Crippen LogP contribution >= 0.6 is 0 Å². The fraction of sp³-hybridized carbons (Fsp3) is 0.211. The molecule has 1 nitrogen and oxygen atoms in total. The summed E-state index contributed by atoms with van der Waals surface area (Å²) in [6.45, 7) is 4.15. The van der Waals surface area contributed by atoms with Gasteiger partial charge in [-0.25, -0.2) is 0 Å². The first kappa shape index (κ1) is 12.9. The van der Waals surface area contributed by atoms with E-state index in [1.165, 1.54) is 16.7 Å². The topological polar surface area (TPSA) is 17.1 Å². The van der Waals surface area contributed by atoms with E-state index in [-0.39, 0.29) is 11.7 Å². The van der Waals surface area contributed by atoms with Gasteiger partial charge in [-0.2, -0.15) is 0 Å². The lowest BCUT2D eigenvalue weighted by atomic mass is 9.92. The number of hydrogen-bond donors (Lipinski definition) is 0. The highest BCUT2D eigenvalue weighted by Crippen LogP contribution is 2.36. The number of carbonyl (C=O) groups is 1. The van der Waals surface area contributed by atoms with Gasteiger partial charge in [0.05, 0.1) is 5.92 Å². The maximum atomic E-state index is 12.3. The molecule has 1 aliphatic carbocycles. The zero-order valence-corrected chi connectivity index (χ0v) is 11.9. The number of benzene rings is 2. The van der Waals surface area contributed by atoms with Crippen LogP contribution in [0.15, 0.2) is 54.6 Å². The molecule has 0 saturated heterocycles. The van der Waals surface area contributed by atoms with Crippen LogP contribution in [0, 0.1) is 13.8 Å². The molecule has 0 radical (unpaired) electrons. The van der Waals surface area contributed by atoms with Gasteiger partial charge in [-0.15, -0.1) is 0 Å². The molecule has 0 aromatic heterocycles. The van der Waals surface area contributed by atoms with Gasteiger partial charge in [0.25, 0.3) is 0 Å².